The zero-order valence-corrected chi connectivity index (χ0v) is 18.5. The van der Waals surface area contributed by atoms with Crippen molar-refractivity contribution >= 4 is 17.5 Å². The van der Waals surface area contributed by atoms with E-state index in [4.69, 9.17) is 4.74 Å². The highest BCUT2D eigenvalue weighted by Gasteiger charge is 2.40. The van der Waals surface area contributed by atoms with E-state index in [0.29, 0.717) is 22.7 Å². The highest BCUT2D eigenvalue weighted by atomic mass is 32.2. The van der Waals surface area contributed by atoms with Gasteiger partial charge in [-0.3, -0.25) is 4.98 Å². The Kier molecular flexibility index (Phi) is 8.29. The van der Waals surface area contributed by atoms with E-state index in [2.05, 4.69) is 9.98 Å². The number of hydrogen-bond donors (Lipinski definition) is 0. The first-order chi connectivity index (χ1) is 14.2. The number of thioether (sulfide) groups is 1. The summed E-state index contributed by atoms with van der Waals surface area (Å²) in [7, 11) is 1.19. The van der Waals surface area contributed by atoms with Crippen molar-refractivity contribution in [2.45, 2.75) is 45.2 Å². The van der Waals surface area contributed by atoms with E-state index in [9.17, 15) is 13.2 Å². The van der Waals surface area contributed by atoms with Gasteiger partial charge in [-0.25, -0.2) is 4.99 Å². The maximum absolute atomic E-state index is 14.1. The summed E-state index contributed by atoms with van der Waals surface area (Å²) in [5.74, 6) is -0.485. The summed E-state index contributed by atoms with van der Waals surface area (Å²) >= 11 is 1.04. The lowest BCUT2D eigenvalue weighted by Gasteiger charge is -2.18. The molecule has 1 aromatic carbocycles. The Morgan fingerprint density at radius 2 is 1.73 bits per heavy atom. The van der Waals surface area contributed by atoms with Crippen LogP contribution in [0.25, 0.3) is 0 Å². The number of methoxy groups -OCH3 is 1. The lowest BCUT2D eigenvalue weighted by molar-refractivity contribution is -0.0917. The molecule has 0 aliphatic rings. The number of hydrogen-bond acceptors (Lipinski definition) is 4. The van der Waals surface area contributed by atoms with Crippen molar-refractivity contribution in [2.24, 2.45) is 4.99 Å². The minimum absolute atomic E-state index is 0.0547. The molecule has 30 heavy (non-hydrogen) atoms. The molecule has 0 aliphatic carbocycles. The third-order valence-electron chi connectivity index (χ3n) is 4.13. The van der Waals surface area contributed by atoms with Crippen molar-refractivity contribution < 1.29 is 17.9 Å². The molecule has 0 aliphatic heterocycles. The van der Waals surface area contributed by atoms with Crippen LogP contribution < -0.4 is 0 Å². The van der Waals surface area contributed by atoms with E-state index in [1.165, 1.54) is 7.11 Å². The maximum atomic E-state index is 14.1. The van der Waals surface area contributed by atoms with Crippen LogP contribution in [0.1, 0.15) is 37.1 Å². The maximum Gasteiger partial charge on any atom is 0.422 e. The molecule has 0 unspecified atom stereocenters. The zero-order chi connectivity index (χ0) is 22.3. The fourth-order valence-corrected chi connectivity index (χ4v) is 3.66. The first kappa shape index (κ1) is 23.7. The predicted molar refractivity (Wildman–Crippen MR) is 117 cm³/mol. The van der Waals surface area contributed by atoms with Gasteiger partial charge in [0.25, 0.3) is 0 Å². The monoisotopic (exact) mass is 434 g/mol. The Hall–Kier alpha value is -2.54. The minimum Gasteiger partial charge on any atom is -0.481 e. The van der Waals surface area contributed by atoms with Gasteiger partial charge in [0, 0.05) is 16.0 Å². The van der Waals surface area contributed by atoms with Crippen LogP contribution in [0.4, 0.5) is 13.2 Å². The van der Waals surface area contributed by atoms with E-state index in [1.807, 2.05) is 32.0 Å². The van der Waals surface area contributed by atoms with Crippen molar-refractivity contribution in [3.8, 4) is 0 Å². The standard InChI is InChI=1S/C23H25F3N2OS/c1-6-7-20(30-18-11-8-15(2)9-12-18)21(23(24,25)26)22(29-5)28-17(4)19-13-10-16(3)14-27-19/h7-14H,6H2,1-5H3/b20-7-,22-21-,28-17?. The summed E-state index contributed by atoms with van der Waals surface area (Å²) in [5, 5.41) is 0. The Morgan fingerprint density at radius 1 is 1.10 bits per heavy atom. The van der Waals surface area contributed by atoms with Gasteiger partial charge in [-0.05, 0) is 51.0 Å². The van der Waals surface area contributed by atoms with Gasteiger partial charge in [0.05, 0.1) is 18.5 Å². The van der Waals surface area contributed by atoms with Crippen LogP contribution in [-0.4, -0.2) is 24.0 Å². The van der Waals surface area contributed by atoms with Crippen LogP contribution in [0.2, 0.25) is 0 Å². The number of aryl methyl sites for hydroxylation is 2. The van der Waals surface area contributed by atoms with Crippen molar-refractivity contribution in [1.29, 1.82) is 0 Å². The molecule has 2 rings (SSSR count). The summed E-state index contributed by atoms with van der Waals surface area (Å²) < 4.78 is 47.5. The highest BCUT2D eigenvalue weighted by molar-refractivity contribution is 8.03. The molecular weight excluding hydrogens is 409 g/mol. The normalized spacial score (nSPS) is 13.9. The van der Waals surface area contributed by atoms with Gasteiger partial charge in [0.15, 0.2) is 0 Å². The van der Waals surface area contributed by atoms with Gasteiger partial charge in [0.1, 0.15) is 5.57 Å². The van der Waals surface area contributed by atoms with Crippen LogP contribution in [-0.2, 0) is 4.74 Å². The Bertz CT molecular complexity index is 944. The Balaban J connectivity index is 2.57. The number of alkyl halides is 3. The summed E-state index contributed by atoms with van der Waals surface area (Å²) in [4.78, 5) is 9.15. The molecule has 0 amide bonds. The van der Waals surface area contributed by atoms with Crippen LogP contribution >= 0.6 is 11.8 Å². The highest BCUT2D eigenvalue weighted by Crippen LogP contribution is 2.42. The number of rotatable bonds is 7. The smallest absolute Gasteiger partial charge is 0.422 e. The fourth-order valence-electron chi connectivity index (χ4n) is 2.57. The minimum atomic E-state index is -4.64. The molecule has 0 fully saturated rings. The fraction of sp³-hybridized carbons (Fsp3) is 0.304. The molecule has 1 heterocycles. The SMILES string of the molecule is CC/C=C(Sc1ccc(C)cc1)/C(=C(\N=C(C)c1ccc(C)cn1)OC)C(F)(F)F. The van der Waals surface area contributed by atoms with Gasteiger partial charge >= 0.3 is 6.18 Å². The lowest BCUT2D eigenvalue weighted by Crippen LogP contribution is -2.17. The van der Waals surface area contributed by atoms with Crippen LogP contribution in [0.5, 0.6) is 0 Å². The van der Waals surface area contributed by atoms with Crippen molar-refractivity contribution in [1.82, 2.24) is 4.98 Å². The molecule has 0 radical (unpaired) electrons. The molecule has 0 saturated carbocycles. The quantitative estimate of drug-likeness (QED) is 0.203. The zero-order valence-electron chi connectivity index (χ0n) is 17.7. The summed E-state index contributed by atoms with van der Waals surface area (Å²) in [6.45, 7) is 7.22. The molecule has 0 N–H and O–H groups in total. The van der Waals surface area contributed by atoms with Gasteiger partial charge < -0.3 is 4.74 Å². The largest absolute Gasteiger partial charge is 0.481 e. The number of pyridine rings is 1. The first-order valence-corrected chi connectivity index (χ1v) is 10.3. The molecule has 1 aromatic heterocycles. The predicted octanol–water partition coefficient (Wildman–Crippen LogP) is 7.01. The van der Waals surface area contributed by atoms with E-state index in [1.54, 1.807) is 44.3 Å². The summed E-state index contributed by atoms with van der Waals surface area (Å²) in [6, 6.07) is 10.9. The first-order valence-electron chi connectivity index (χ1n) is 9.44. The molecular formula is C23H25F3N2OS. The summed E-state index contributed by atoms with van der Waals surface area (Å²) in [5.41, 5.74) is 1.92. The summed E-state index contributed by atoms with van der Waals surface area (Å²) in [6.07, 6.45) is -1.02. The number of halogens is 3. The average Bonchev–Trinajstić information content (AvgIpc) is 2.68. The van der Waals surface area contributed by atoms with Crippen LogP contribution in [0, 0.1) is 13.8 Å². The topological polar surface area (TPSA) is 34.5 Å². The second-order valence-corrected chi connectivity index (χ2v) is 7.81. The van der Waals surface area contributed by atoms with Crippen molar-refractivity contribution in [3.05, 3.63) is 81.9 Å². The second kappa shape index (κ2) is 10.5. The van der Waals surface area contributed by atoms with E-state index >= 15 is 0 Å². The van der Waals surface area contributed by atoms with Crippen LogP contribution in [0.3, 0.4) is 0 Å². The Labute approximate surface area is 179 Å². The lowest BCUT2D eigenvalue weighted by atomic mass is 10.2. The molecule has 0 saturated heterocycles. The number of ether oxygens (including phenoxy) is 1. The number of aromatic nitrogens is 1. The molecule has 7 heteroatoms. The number of allylic oxidation sites excluding steroid dienone is 2. The number of benzene rings is 1. The molecule has 0 bridgehead atoms. The molecule has 3 nitrogen and oxygen atoms in total. The molecule has 0 spiro atoms. The van der Waals surface area contributed by atoms with Crippen LogP contribution in [0.15, 0.2) is 74.9 Å². The second-order valence-electron chi connectivity index (χ2n) is 6.69. The van der Waals surface area contributed by atoms with Gasteiger partial charge in [-0.15, -0.1) is 0 Å². The molecule has 0 atom stereocenters. The molecule has 160 valence electrons. The van der Waals surface area contributed by atoms with Crippen molar-refractivity contribution in [2.75, 3.05) is 7.11 Å². The van der Waals surface area contributed by atoms with Gasteiger partial charge in [-0.2, -0.15) is 13.2 Å². The van der Waals surface area contributed by atoms with Crippen molar-refractivity contribution in [3.63, 3.8) is 0 Å². The Morgan fingerprint density at radius 3 is 2.23 bits per heavy atom. The number of aliphatic imine (C=N–C) groups is 1. The average molecular weight is 435 g/mol. The van der Waals surface area contributed by atoms with Gasteiger partial charge in [-0.1, -0.05) is 48.5 Å². The third-order valence-corrected chi connectivity index (χ3v) is 5.23. The van der Waals surface area contributed by atoms with E-state index < -0.39 is 17.6 Å². The third kappa shape index (κ3) is 6.49. The van der Waals surface area contributed by atoms with E-state index in [0.717, 1.165) is 22.9 Å². The van der Waals surface area contributed by atoms with E-state index in [-0.39, 0.29) is 4.91 Å². The molecule has 2 aromatic rings. The number of nitrogens with zero attached hydrogens (tertiary/aromatic N) is 2. The van der Waals surface area contributed by atoms with Gasteiger partial charge in [0.2, 0.25) is 5.88 Å².